The minimum absolute atomic E-state index is 0.183. The number of rotatable bonds is 2. The summed E-state index contributed by atoms with van der Waals surface area (Å²) in [5.74, 6) is 0.689. The molecule has 2 rings (SSSR count). The molecule has 0 atom stereocenters. The molecule has 0 aromatic heterocycles. The summed E-state index contributed by atoms with van der Waals surface area (Å²) in [5.41, 5.74) is 2.26. The molecular weight excluding hydrogens is 192 g/mol. The van der Waals surface area contributed by atoms with E-state index in [4.69, 9.17) is 9.47 Å². The average Bonchev–Trinajstić information content (AvgIpc) is 2.30. The quantitative estimate of drug-likeness (QED) is 0.806. The maximum atomic E-state index is 9.64. The number of benzene rings is 1. The van der Waals surface area contributed by atoms with Crippen LogP contribution < -0.4 is 4.74 Å². The van der Waals surface area contributed by atoms with E-state index >= 15 is 0 Å². The van der Waals surface area contributed by atoms with Crippen LogP contribution in [0.3, 0.4) is 0 Å². The van der Waals surface area contributed by atoms with Crippen LogP contribution in [0.4, 0.5) is 0 Å². The lowest BCUT2D eigenvalue weighted by atomic mass is 10.0. The van der Waals surface area contributed by atoms with Crippen LogP contribution in [0.15, 0.2) is 24.3 Å². The van der Waals surface area contributed by atoms with E-state index in [1.54, 1.807) is 19.2 Å². The van der Waals surface area contributed by atoms with Crippen LogP contribution >= 0.6 is 0 Å². The van der Waals surface area contributed by atoms with Crippen LogP contribution in [-0.2, 0) is 4.74 Å². The third-order valence-electron chi connectivity index (χ3n) is 2.51. The predicted molar refractivity (Wildman–Crippen MR) is 58.1 cm³/mol. The van der Waals surface area contributed by atoms with E-state index < -0.39 is 0 Å². The zero-order chi connectivity index (χ0) is 10.7. The highest BCUT2D eigenvalue weighted by Gasteiger charge is 2.09. The lowest BCUT2D eigenvalue weighted by molar-refractivity contribution is 0.161. The maximum Gasteiger partial charge on any atom is 0.160 e. The van der Waals surface area contributed by atoms with Gasteiger partial charge in [-0.05, 0) is 29.7 Å². The third-order valence-corrected chi connectivity index (χ3v) is 2.51. The number of aromatic hydroxyl groups is 1. The number of methoxy groups -OCH3 is 1. The van der Waals surface area contributed by atoms with Crippen LogP contribution in [0.1, 0.15) is 12.0 Å². The number of phenolic OH excluding ortho intramolecular Hbond substituents is 1. The molecule has 3 heteroatoms. The summed E-state index contributed by atoms with van der Waals surface area (Å²) in [6.45, 7) is 1.40. The molecule has 1 aliphatic heterocycles. The summed E-state index contributed by atoms with van der Waals surface area (Å²) < 4.78 is 10.2. The molecule has 0 spiro atoms. The van der Waals surface area contributed by atoms with Gasteiger partial charge >= 0.3 is 0 Å². The second-order valence-electron chi connectivity index (χ2n) is 3.44. The molecule has 0 saturated heterocycles. The SMILES string of the molecule is COc1ccc(C2=CCOCC2)cc1O. The lowest BCUT2D eigenvalue weighted by Crippen LogP contribution is -2.03. The first kappa shape index (κ1) is 10.1. The molecular formula is C12H14O3. The number of hydrogen-bond acceptors (Lipinski definition) is 3. The van der Waals surface area contributed by atoms with Gasteiger partial charge in [0.2, 0.25) is 0 Å². The molecule has 0 amide bonds. The van der Waals surface area contributed by atoms with Gasteiger partial charge in [0.1, 0.15) is 0 Å². The van der Waals surface area contributed by atoms with Crippen molar-refractivity contribution in [2.45, 2.75) is 6.42 Å². The van der Waals surface area contributed by atoms with Gasteiger partial charge in [-0.1, -0.05) is 12.1 Å². The van der Waals surface area contributed by atoms with Crippen molar-refractivity contribution in [3.63, 3.8) is 0 Å². The van der Waals surface area contributed by atoms with Crippen molar-refractivity contribution >= 4 is 5.57 Å². The number of hydrogen-bond donors (Lipinski definition) is 1. The first-order valence-corrected chi connectivity index (χ1v) is 4.95. The second kappa shape index (κ2) is 4.36. The van der Waals surface area contributed by atoms with E-state index in [0.717, 1.165) is 18.6 Å². The van der Waals surface area contributed by atoms with Gasteiger partial charge in [-0.3, -0.25) is 0 Å². The second-order valence-corrected chi connectivity index (χ2v) is 3.44. The van der Waals surface area contributed by atoms with Gasteiger partial charge in [-0.25, -0.2) is 0 Å². The highest BCUT2D eigenvalue weighted by atomic mass is 16.5. The van der Waals surface area contributed by atoms with Crippen LogP contribution in [0.5, 0.6) is 11.5 Å². The first-order valence-electron chi connectivity index (χ1n) is 4.95. The van der Waals surface area contributed by atoms with Crippen LogP contribution in [0.2, 0.25) is 0 Å². The van der Waals surface area contributed by atoms with Gasteiger partial charge in [0.05, 0.1) is 20.3 Å². The normalized spacial score (nSPS) is 15.9. The number of phenols is 1. The molecule has 3 nitrogen and oxygen atoms in total. The molecule has 0 fully saturated rings. The molecule has 15 heavy (non-hydrogen) atoms. The molecule has 0 unspecified atom stereocenters. The Morgan fingerprint density at radius 1 is 1.40 bits per heavy atom. The highest BCUT2D eigenvalue weighted by molar-refractivity contribution is 5.68. The summed E-state index contributed by atoms with van der Waals surface area (Å²) in [4.78, 5) is 0. The standard InChI is InChI=1S/C12H14O3/c1-14-12-3-2-10(8-11(12)13)9-4-6-15-7-5-9/h2-4,8,13H,5-7H2,1H3. The molecule has 1 aromatic rings. The Morgan fingerprint density at radius 3 is 2.87 bits per heavy atom. The zero-order valence-corrected chi connectivity index (χ0v) is 8.69. The monoisotopic (exact) mass is 206 g/mol. The average molecular weight is 206 g/mol. The predicted octanol–water partition coefficient (Wildman–Crippen LogP) is 2.20. The molecule has 0 saturated carbocycles. The van der Waals surface area contributed by atoms with Crippen molar-refractivity contribution in [2.75, 3.05) is 20.3 Å². The van der Waals surface area contributed by atoms with E-state index in [2.05, 4.69) is 0 Å². The summed E-state index contributed by atoms with van der Waals surface area (Å²) in [7, 11) is 1.54. The fourth-order valence-electron chi connectivity index (χ4n) is 1.68. The van der Waals surface area contributed by atoms with E-state index in [-0.39, 0.29) is 5.75 Å². The van der Waals surface area contributed by atoms with E-state index in [9.17, 15) is 5.11 Å². The molecule has 1 aromatic carbocycles. The van der Waals surface area contributed by atoms with Gasteiger partial charge in [0.15, 0.2) is 11.5 Å². The van der Waals surface area contributed by atoms with Gasteiger partial charge in [0.25, 0.3) is 0 Å². The fraction of sp³-hybridized carbons (Fsp3) is 0.333. The van der Waals surface area contributed by atoms with E-state index in [1.807, 2.05) is 12.1 Å². The van der Waals surface area contributed by atoms with Crippen molar-refractivity contribution in [1.29, 1.82) is 0 Å². The van der Waals surface area contributed by atoms with Gasteiger partial charge in [-0.15, -0.1) is 0 Å². The summed E-state index contributed by atoms with van der Waals surface area (Å²) in [6, 6.07) is 5.46. The topological polar surface area (TPSA) is 38.7 Å². The maximum absolute atomic E-state index is 9.64. The fourth-order valence-corrected chi connectivity index (χ4v) is 1.68. The van der Waals surface area contributed by atoms with Gasteiger partial charge in [-0.2, -0.15) is 0 Å². The molecule has 1 aliphatic rings. The van der Waals surface area contributed by atoms with E-state index in [1.165, 1.54) is 5.57 Å². The van der Waals surface area contributed by atoms with Crippen molar-refractivity contribution in [3.8, 4) is 11.5 Å². The molecule has 0 aliphatic carbocycles. The Hall–Kier alpha value is -1.48. The smallest absolute Gasteiger partial charge is 0.160 e. The third kappa shape index (κ3) is 2.13. The van der Waals surface area contributed by atoms with Crippen LogP contribution in [0.25, 0.3) is 5.57 Å². The van der Waals surface area contributed by atoms with Crippen LogP contribution in [-0.4, -0.2) is 25.4 Å². The summed E-state index contributed by atoms with van der Waals surface area (Å²) in [6.07, 6.45) is 2.94. The Balaban J connectivity index is 2.29. The minimum atomic E-state index is 0.183. The van der Waals surface area contributed by atoms with Crippen molar-refractivity contribution in [1.82, 2.24) is 0 Å². The minimum Gasteiger partial charge on any atom is -0.504 e. The Morgan fingerprint density at radius 2 is 2.27 bits per heavy atom. The largest absolute Gasteiger partial charge is 0.504 e. The lowest BCUT2D eigenvalue weighted by Gasteiger charge is -2.14. The molecule has 0 bridgehead atoms. The molecule has 80 valence electrons. The highest BCUT2D eigenvalue weighted by Crippen LogP contribution is 2.30. The first-order chi connectivity index (χ1) is 7.31. The summed E-state index contributed by atoms with van der Waals surface area (Å²) >= 11 is 0. The zero-order valence-electron chi connectivity index (χ0n) is 8.69. The van der Waals surface area contributed by atoms with E-state index in [0.29, 0.717) is 12.4 Å². The van der Waals surface area contributed by atoms with Gasteiger partial charge < -0.3 is 14.6 Å². The van der Waals surface area contributed by atoms with Crippen molar-refractivity contribution < 1.29 is 14.6 Å². The molecule has 0 radical (unpaired) electrons. The molecule has 1 heterocycles. The Labute approximate surface area is 88.9 Å². The number of ether oxygens (including phenoxy) is 2. The Bertz CT molecular complexity index is 382. The molecule has 1 N–H and O–H groups in total. The summed E-state index contributed by atoms with van der Waals surface area (Å²) in [5, 5.41) is 9.64. The van der Waals surface area contributed by atoms with Crippen molar-refractivity contribution in [3.05, 3.63) is 29.8 Å². The van der Waals surface area contributed by atoms with Crippen molar-refractivity contribution in [2.24, 2.45) is 0 Å². The van der Waals surface area contributed by atoms with Crippen LogP contribution in [0, 0.1) is 0 Å². The Kier molecular flexibility index (Phi) is 2.92. The van der Waals surface area contributed by atoms with Gasteiger partial charge in [0, 0.05) is 0 Å².